The van der Waals surface area contributed by atoms with Gasteiger partial charge in [0.2, 0.25) is 0 Å². The number of rotatable bonds is 3. The van der Waals surface area contributed by atoms with E-state index in [2.05, 4.69) is 29.4 Å². The van der Waals surface area contributed by atoms with Crippen molar-refractivity contribution in [1.82, 2.24) is 10.3 Å². The molecule has 0 saturated carbocycles. The van der Waals surface area contributed by atoms with Crippen molar-refractivity contribution >= 4 is 10.9 Å². The van der Waals surface area contributed by atoms with Crippen molar-refractivity contribution in [3.8, 4) is 5.75 Å². The minimum Gasteiger partial charge on any atom is -0.497 e. The normalized spacial score (nSPS) is 19.6. The molecule has 96 valence electrons. The maximum atomic E-state index is 5.33. The molecule has 3 heteroatoms. The molecule has 0 amide bonds. The molecule has 0 bridgehead atoms. The van der Waals surface area contributed by atoms with E-state index < -0.39 is 0 Å². The van der Waals surface area contributed by atoms with Crippen LogP contribution in [0.15, 0.2) is 18.2 Å². The number of H-pyrrole nitrogens is 1. The number of aromatic nitrogens is 1. The van der Waals surface area contributed by atoms with Crippen LogP contribution in [0.1, 0.15) is 17.7 Å². The summed E-state index contributed by atoms with van der Waals surface area (Å²) in [5, 5.41) is 4.76. The molecule has 2 N–H and O–H groups in total. The first-order chi connectivity index (χ1) is 8.78. The van der Waals surface area contributed by atoms with Crippen molar-refractivity contribution in [1.29, 1.82) is 0 Å². The van der Waals surface area contributed by atoms with Crippen molar-refractivity contribution in [2.24, 2.45) is 5.92 Å². The topological polar surface area (TPSA) is 37.0 Å². The Kier molecular flexibility index (Phi) is 3.00. The standard InChI is InChI=1S/C15H20N2O/c1-10-13(7-11-5-6-16-9-11)14-8-12(18-2)3-4-15(14)17-10/h3-4,8,11,16-17H,5-7,9H2,1-2H3. The molecule has 1 fully saturated rings. The first-order valence-corrected chi connectivity index (χ1v) is 6.64. The van der Waals surface area contributed by atoms with Gasteiger partial charge in [-0.05, 0) is 62.5 Å². The van der Waals surface area contributed by atoms with E-state index in [1.165, 1.54) is 28.6 Å². The van der Waals surface area contributed by atoms with Crippen LogP contribution < -0.4 is 10.1 Å². The Morgan fingerprint density at radius 3 is 3.00 bits per heavy atom. The lowest BCUT2D eigenvalue weighted by molar-refractivity contribution is 0.415. The van der Waals surface area contributed by atoms with Crippen molar-refractivity contribution in [3.05, 3.63) is 29.5 Å². The third-order valence-corrected chi connectivity index (χ3v) is 3.98. The van der Waals surface area contributed by atoms with Gasteiger partial charge in [-0.1, -0.05) is 0 Å². The van der Waals surface area contributed by atoms with Crippen LogP contribution in [0.2, 0.25) is 0 Å². The summed E-state index contributed by atoms with van der Waals surface area (Å²) >= 11 is 0. The first kappa shape index (κ1) is 11.6. The van der Waals surface area contributed by atoms with Gasteiger partial charge in [0.15, 0.2) is 0 Å². The van der Waals surface area contributed by atoms with Crippen LogP contribution in [0.3, 0.4) is 0 Å². The van der Waals surface area contributed by atoms with E-state index >= 15 is 0 Å². The van der Waals surface area contributed by atoms with Crippen LogP contribution in [-0.2, 0) is 6.42 Å². The highest BCUT2D eigenvalue weighted by molar-refractivity contribution is 5.86. The fraction of sp³-hybridized carbons (Fsp3) is 0.467. The van der Waals surface area contributed by atoms with Crippen LogP contribution in [-0.4, -0.2) is 25.2 Å². The van der Waals surface area contributed by atoms with E-state index in [0.717, 1.165) is 31.2 Å². The summed E-state index contributed by atoms with van der Waals surface area (Å²) in [6, 6.07) is 6.27. The number of aromatic amines is 1. The molecule has 1 unspecified atom stereocenters. The molecule has 2 heterocycles. The number of nitrogens with one attached hydrogen (secondary N) is 2. The minimum atomic E-state index is 0.772. The second-order valence-electron chi connectivity index (χ2n) is 5.20. The fourth-order valence-corrected chi connectivity index (χ4v) is 2.93. The number of benzene rings is 1. The monoisotopic (exact) mass is 244 g/mol. The lowest BCUT2D eigenvalue weighted by Crippen LogP contribution is -2.11. The summed E-state index contributed by atoms with van der Waals surface area (Å²) in [5.41, 5.74) is 3.97. The van der Waals surface area contributed by atoms with E-state index in [4.69, 9.17) is 4.74 Å². The van der Waals surface area contributed by atoms with Crippen molar-refractivity contribution in [2.45, 2.75) is 19.8 Å². The molecular formula is C15H20N2O. The highest BCUT2D eigenvalue weighted by atomic mass is 16.5. The molecule has 1 aliphatic rings. The van der Waals surface area contributed by atoms with E-state index in [-0.39, 0.29) is 0 Å². The quantitative estimate of drug-likeness (QED) is 0.871. The third kappa shape index (κ3) is 1.99. The van der Waals surface area contributed by atoms with Gasteiger partial charge in [-0.3, -0.25) is 0 Å². The number of methoxy groups -OCH3 is 1. The molecule has 3 rings (SSSR count). The SMILES string of the molecule is COc1ccc2[nH]c(C)c(CC3CCNC3)c2c1. The molecular weight excluding hydrogens is 224 g/mol. The molecule has 1 aromatic heterocycles. The van der Waals surface area contributed by atoms with Crippen LogP contribution in [0.25, 0.3) is 10.9 Å². The molecule has 1 aromatic carbocycles. The van der Waals surface area contributed by atoms with Gasteiger partial charge < -0.3 is 15.0 Å². The molecule has 1 aliphatic heterocycles. The van der Waals surface area contributed by atoms with E-state index in [9.17, 15) is 0 Å². The zero-order chi connectivity index (χ0) is 12.5. The summed E-state index contributed by atoms with van der Waals surface area (Å²) in [5.74, 6) is 1.71. The average molecular weight is 244 g/mol. The van der Waals surface area contributed by atoms with Crippen molar-refractivity contribution in [2.75, 3.05) is 20.2 Å². The lowest BCUT2D eigenvalue weighted by Gasteiger charge is -2.08. The van der Waals surface area contributed by atoms with E-state index in [1.54, 1.807) is 7.11 Å². The summed E-state index contributed by atoms with van der Waals surface area (Å²) in [4.78, 5) is 3.48. The van der Waals surface area contributed by atoms with Crippen LogP contribution in [0, 0.1) is 12.8 Å². The summed E-state index contributed by atoms with van der Waals surface area (Å²) < 4.78 is 5.33. The predicted molar refractivity (Wildman–Crippen MR) is 74.3 cm³/mol. The third-order valence-electron chi connectivity index (χ3n) is 3.98. The molecule has 0 spiro atoms. The van der Waals surface area contributed by atoms with E-state index in [1.807, 2.05) is 6.07 Å². The molecule has 18 heavy (non-hydrogen) atoms. The van der Waals surface area contributed by atoms with Gasteiger partial charge in [0.05, 0.1) is 7.11 Å². The predicted octanol–water partition coefficient (Wildman–Crippen LogP) is 2.64. The molecule has 2 aromatic rings. The van der Waals surface area contributed by atoms with Crippen molar-refractivity contribution in [3.63, 3.8) is 0 Å². The molecule has 1 saturated heterocycles. The second kappa shape index (κ2) is 4.65. The van der Waals surface area contributed by atoms with Crippen LogP contribution in [0.5, 0.6) is 5.75 Å². The summed E-state index contributed by atoms with van der Waals surface area (Å²) in [6.45, 7) is 4.48. The smallest absolute Gasteiger partial charge is 0.119 e. The number of hydrogen-bond donors (Lipinski definition) is 2. The second-order valence-corrected chi connectivity index (χ2v) is 5.20. The van der Waals surface area contributed by atoms with Crippen LogP contribution in [0.4, 0.5) is 0 Å². The van der Waals surface area contributed by atoms with Gasteiger partial charge in [0, 0.05) is 16.6 Å². The summed E-state index contributed by atoms with van der Waals surface area (Å²) in [7, 11) is 1.72. The maximum Gasteiger partial charge on any atom is 0.119 e. The Morgan fingerprint density at radius 1 is 1.39 bits per heavy atom. The number of aryl methyl sites for hydroxylation is 1. The highest BCUT2D eigenvalue weighted by Crippen LogP contribution is 2.29. The Labute approximate surface area is 108 Å². The Hall–Kier alpha value is -1.48. The van der Waals surface area contributed by atoms with Gasteiger partial charge in [-0.2, -0.15) is 0 Å². The zero-order valence-electron chi connectivity index (χ0n) is 11.0. The van der Waals surface area contributed by atoms with Gasteiger partial charge in [0.1, 0.15) is 5.75 Å². The minimum absolute atomic E-state index is 0.772. The molecule has 0 radical (unpaired) electrons. The van der Waals surface area contributed by atoms with Crippen LogP contribution >= 0.6 is 0 Å². The molecule has 0 aliphatic carbocycles. The Morgan fingerprint density at radius 2 is 2.28 bits per heavy atom. The maximum absolute atomic E-state index is 5.33. The average Bonchev–Trinajstić information content (AvgIpc) is 2.99. The number of fused-ring (bicyclic) bond motifs is 1. The van der Waals surface area contributed by atoms with Gasteiger partial charge in [-0.15, -0.1) is 0 Å². The Bertz CT molecular complexity index is 553. The molecule has 1 atom stereocenters. The van der Waals surface area contributed by atoms with Gasteiger partial charge >= 0.3 is 0 Å². The van der Waals surface area contributed by atoms with E-state index in [0.29, 0.717) is 0 Å². The van der Waals surface area contributed by atoms with Gasteiger partial charge in [-0.25, -0.2) is 0 Å². The van der Waals surface area contributed by atoms with Gasteiger partial charge in [0.25, 0.3) is 0 Å². The summed E-state index contributed by atoms with van der Waals surface area (Å²) in [6.07, 6.45) is 2.45. The molecule has 3 nitrogen and oxygen atoms in total. The first-order valence-electron chi connectivity index (χ1n) is 6.64. The number of hydrogen-bond acceptors (Lipinski definition) is 2. The Balaban J connectivity index is 2.00. The lowest BCUT2D eigenvalue weighted by atomic mass is 9.96. The zero-order valence-corrected chi connectivity index (χ0v) is 11.0. The van der Waals surface area contributed by atoms with Crippen molar-refractivity contribution < 1.29 is 4.74 Å². The highest BCUT2D eigenvalue weighted by Gasteiger charge is 2.18. The largest absolute Gasteiger partial charge is 0.497 e. The number of ether oxygens (including phenoxy) is 1. The fourth-order valence-electron chi connectivity index (χ4n) is 2.93.